The maximum absolute atomic E-state index is 4.57. The molecular formula is C11H22N2. The molecule has 0 saturated heterocycles. The summed E-state index contributed by atoms with van der Waals surface area (Å²) in [5.41, 5.74) is 2.35. The first-order chi connectivity index (χ1) is 5.97. The fourth-order valence-corrected chi connectivity index (χ4v) is 0.853. The Bertz CT molecular complexity index is 200. The van der Waals surface area contributed by atoms with E-state index in [4.69, 9.17) is 0 Å². The van der Waals surface area contributed by atoms with Crippen molar-refractivity contribution in [2.24, 2.45) is 10.9 Å². The highest BCUT2D eigenvalue weighted by Crippen LogP contribution is 2.07. The van der Waals surface area contributed by atoms with Gasteiger partial charge in [0.2, 0.25) is 0 Å². The minimum atomic E-state index is 0.539. The van der Waals surface area contributed by atoms with Crippen molar-refractivity contribution >= 4 is 5.71 Å². The first-order valence-corrected chi connectivity index (χ1v) is 4.89. The van der Waals surface area contributed by atoms with Gasteiger partial charge in [-0.2, -0.15) is 0 Å². The molecule has 0 aromatic carbocycles. The molecule has 0 N–H and O–H groups in total. The van der Waals surface area contributed by atoms with Crippen LogP contribution in [0.15, 0.2) is 16.9 Å². The summed E-state index contributed by atoms with van der Waals surface area (Å²) in [5.74, 6) is 0.539. The van der Waals surface area contributed by atoms with Crippen molar-refractivity contribution in [1.82, 2.24) is 4.90 Å². The molecule has 2 heteroatoms. The zero-order valence-corrected chi connectivity index (χ0v) is 9.76. The largest absolute Gasteiger partial charge is 0.382 e. The van der Waals surface area contributed by atoms with Crippen LogP contribution < -0.4 is 0 Å². The van der Waals surface area contributed by atoms with E-state index in [1.165, 1.54) is 5.71 Å². The standard InChI is InChI=1S/C11H22N2/c1-7-11(8-13(5)6)12-10(4)9(2)3/h8-9H,7H2,1-6H3/b11-8-,12-10-. The smallest absolute Gasteiger partial charge is 0.0558 e. The second-order valence-electron chi connectivity index (χ2n) is 3.85. The van der Waals surface area contributed by atoms with Crippen LogP contribution >= 0.6 is 0 Å². The third kappa shape index (κ3) is 5.45. The molecule has 76 valence electrons. The highest BCUT2D eigenvalue weighted by atomic mass is 15.0. The lowest BCUT2D eigenvalue weighted by atomic mass is 10.1. The molecule has 0 heterocycles. The Hall–Kier alpha value is -0.790. The Morgan fingerprint density at radius 2 is 1.92 bits per heavy atom. The summed E-state index contributed by atoms with van der Waals surface area (Å²) in [6.45, 7) is 8.56. The summed E-state index contributed by atoms with van der Waals surface area (Å²) in [4.78, 5) is 6.61. The summed E-state index contributed by atoms with van der Waals surface area (Å²) in [5, 5.41) is 0. The summed E-state index contributed by atoms with van der Waals surface area (Å²) < 4.78 is 0. The molecular weight excluding hydrogens is 160 g/mol. The van der Waals surface area contributed by atoms with Crippen LogP contribution in [-0.2, 0) is 0 Å². The molecule has 0 atom stereocenters. The molecule has 0 aliphatic rings. The van der Waals surface area contributed by atoms with Gasteiger partial charge in [0, 0.05) is 26.0 Å². The van der Waals surface area contributed by atoms with Gasteiger partial charge < -0.3 is 4.90 Å². The van der Waals surface area contributed by atoms with Gasteiger partial charge in [0.1, 0.15) is 0 Å². The number of rotatable bonds is 4. The van der Waals surface area contributed by atoms with Gasteiger partial charge in [0.25, 0.3) is 0 Å². The number of hydrogen-bond acceptors (Lipinski definition) is 2. The van der Waals surface area contributed by atoms with Crippen LogP contribution in [0.2, 0.25) is 0 Å². The van der Waals surface area contributed by atoms with Gasteiger partial charge in [0.05, 0.1) is 5.70 Å². The minimum absolute atomic E-state index is 0.539. The Kier molecular flexibility index (Phi) is 5.44. The van der Waals surface area contributed by atoms with Crippen molar-refractivity contribution in [3.05, 3.63) is 11.9 Å². The van der Waals surface area contributed by atoms with Crippen LogP contribution in [0.4, 0.5) is 0 Å². The quantitative estimate of drug-likeness (QED) is 0.610. The fraction of sp³-hybridized carbons (Fsp3) is 0.727. The lowest BCUT2D eigenvalue weighted by Gasteiger charge is -2.09. The molecule has 0 bridgehead atoms. The van der Waals surface area contributed by atoms with Crippen LogP contribution in [0, 0.1) is 5.92 Å². The monoisotopic (exact) mass is 182 g/mol. The Balaban J connectivity index is 4.53. The van der Waals surface area contributed by atoms with Crippen molar-refractivity contribution in [3.8, 4) is 0 Å². The van der Waals surface area contributed by atoms with Crippen LogP contribution in [0.3, 0.4) is 0 Å². The molecule has 0 aliphatic carbocycles. The average Bonchev–Trinajstić information content (AvgIpc) is 2.02. The summed E-state index contributed by atoms with van der Waals surface area (Å²) in [6, 6.07) is 0. The lowest BCUT2D eigenvalue weighted by Crippen LogP contribution is -2.05. The van der Waals surface area contributed by atoms with Crippen molar-refractivity contribution in [2.75, 3.05) is 14.1 Å². The van der Waals surface area contributed by atoms with Crippen LogP contribution in [0.5, 0.6) is 0 Å². The van der Waals surface area contributed by atoms with E-state index in [0.29, 0.717) is 5.92 Å². The van der Waals surface area contributed by atoms with E-state index in [-0.39, 0.29) is 0 Å². The predicted molar refractivity (Wildman–Crippen MR) is 60.0 cm³/mol. The zero-order chi connectivity index (χ0) is 10.4. The first-order valence-electron chi connectivity index (χ1n) is 4.89. The van der Waals surface area contributed by atoms with Crippen molar-refractivity contribution in [3.63, 3.8) is 0 Å². The average molecular weight is 182 g/mol. The van der Waals surface area contributed by atoms with E-state index in [9.17, 15) is 0 Å². The molecule has 2 nitrogen and oxygen atoms in total. The van der Waals surface area contributed by atoms with Crippen LogP contribution in [0.25, 0.3) is 0 Å². The molecule has 0 spiro atoms. The fourth-order valence-electron chi connectivity index (χ4n) is 0.853. The maximum Gasteiger partial charge on any atom is 0.0558 e. The summed E-state index contributed by atoms with van der Waals surface area (Å²) in [7, 11) is 4.05. The minimum Gasteiger partial charge on any atom is -0.382 e. The van der Waals surface area contributed by atoms with Gasteiger partial charge in [-0.15, -0.1) is 0 Å². The van der Waals surface area contributed by atoms with E-state index in [2.05, 4.69) is 38.9 Å². The number of aliphatic imine (C=N–C) groups is 1. The molecule has 0 aromatic rings. The number of hydrogen-bond donors (Lipinski definition) is 0. The zero-order valence-electron chi connectivity index (χ0n) is 9.76. The third-order valence-corrected chi connectivity index (χ3v) is 1.92. The summed E-state index contributed by atoms with van der Waals surface area (Å²) in [6.07, 6.45) is 3.06. The van der Waals surface area contributed by atoms with Crippen molar-refractivity contribution in [2.45, 2.75) is 34.1 Å². The van der Waals surface area contributed by atoms with Gasteiger partial charge in [-0.25, -0.2) is 0 Å². The van der Waals surface area contributed by atoms with Gasteiger partial charge in [-0.3, -0.25) is 4.99 Å². The van der Waals surface area contributed by atoms with Crippen LogP contribution in [0.1, 0.15) is 34.1 Å². The van der Waals surface area contributed by atoms with Crippen LogP contribution in [-0.4, -0.2) is 24.7 Å². The summed E-state index contributed by atoms with van der Waals surface area (Å²) >= 11 is 0. The van der Waals surface area contributed by atoms with E-state index in [0.717, 1.165) is 12.1 Å². The van der Waals surface area contributed by atoms with E-state index < -0.39 is 0 Å². The normalized spacial score (nSPS) is 13.8. The molecule has 0 saturated carbocycles. The third-order valence-electron chi connectivity index (χ3n) is 1.92. The van der Waals surface area contributed by atoms with Gasteiger partial charge in [-0.05, 0) is 19.3 Å². The molecule has 0 aromatic heterocycles. The lowest BCUT2D eigenvalue weighted by molar-refractivity contribution is 0.554. The molecule has 0 fully saturated rings. The second kappa shape index (κ2) is 5.79. The van der Waals surface area contributed by atoms with Gasteiger partial charge in [-0.1, -0.05) is 20.8 Å². The number of allylic oxidation sites excluding steroid dienone is 1. The molecule has 0 rings (SSSR count). The Morgan fingerprint density at radius 1 is 1.38 bits per heavy atom. The van der Waals surface area contributed by atoms with E-state index in [1.54, 1.807) is 0 Å². The van der Waals surface area contributed by atoms with E-state index in [1.807, 2.05) is 19.0 Å². The molecule has 0 unspecified atom stereocenters. The Labute approximate surface area is 82.4 Å². The molecule has 13 heavy (non-hydrogen) atoms. The second-order valence-corrected chi connectivity index (χ2v) is 3.85. The molecule has 0 radical (unpaired) electrons. The Morgan fingerprint density at radius 3 is 2.23 bits per heavy atom. The highest BCUT2D eigenvalue weighted by Gasteiger charge is 1.99. The highest BCUT2D eigenvalue weighted by molar-refractivity contribution is 5.84. The topological polar surface area (TPSA) is 15.6 Å². The SMILES string of the molecule is CCC(=C/N(C)C)/N=C(/C)C(C)C. The molecule has 0 aliphatic heterocycles. The van der Waals surface area contributed by atoms with Gasteiger partial charge in [0.15, 0.2) is 0 Å². The number of nitrogens with zero attached hydrogens (tertiary/aromatic N) is 2. The van der Waals surface area contributed by atoms with Gasteiger partial charge >= 0.3 is 0 Å². The van der Waals surface area contributed by atoms with E-state index >= 15 is 0 Å². The van der Waals surface area contributed by atoms with Crippen molar-refractivity contribution < 1.29 is 0 Å². The predicted octanol–water partition coefficient (Wildman–Crippen LogP) is 2.92. The maximum atomic E-state index is 4.57. The van der Waals surface area contributed by atoms with Crippen molar-refractivity contribution in [1.29, 1.82) is 0 Å². The first kappa shape index (κ1) is 12.2. The molecule has 0 amide bonds.